The maximum absolute atomic E-state index is 12.2. The fourth-order valence-corrected chi connectivity index (χ4v) is 2.42. The van der Waals surface area contributed by atoms with Crippen LogP contribution in [-0.2, 0) is 12.8 Å². The van der Waals surface area contributed by atoms with Gasteiger partial charge in [0, 0.05) is 17.1 Å². The van der Waals surface area contributed by atoms with Crippen LogP contribution in [0.25, 0.3) is 0 Å². The molecular weight excluding hydrogens is 326 g/mol. The van der Waals surface area contributed by atoms with Gasteiger partial charge >= 0.3 is 11.8 Å². The van der Waals surface area contributed by atoms with Crippen molar-refractivity contribution in [3.05, 3.63) is 76.5 Å². The molecule has 0 radical (unpaired) electrons. The van der Waals surface area contributed by atoms with E-state index in [2.05, 4.69) is 15.5 Å². The summed E-state index contributed by atoms with van der Waals surface area (Å²) in [6.45, 7) is 1.88. The van der Waals surface area contributed by atoms with E-state index in [1.807, 2.05) is 43.3 Å². The summed E-state index contributed by atoms with van der Waals surface area (Å²) in [6, 6.07) is 15.3. The molecular formula is C18H16ClN3O2. The number of aryl methyl sites for hydroxylation is 3. The van der Waals surface area contributed by atoms with E-state index < -0.39 is 5.91 Å². The number of carbonyl (C=O) groups excluding carboxylic acids is 1. The Bertz CT molecular complexity index is 846. The first-order valence-electron chi connectivity index (χ1n) is 7.55. The summed E-state index contributed by atoms with van der Waals surface area (Å²) in [5.74, 6) is -0.0666. The summed E-state index contributed by atoms with van der Waals surface area (Å²) in [7, 11) is 0. The van der Waals surface area contributed by atoms with E-state index >= 15 is 0 Å². The molecule has 0 aliphatic heterocycles. The van der Waals surface area contributed by atoms with Crippen molar-refractivity contribution in [1.29, 1.82) is 0 Å². The Hall–Kier alpha value is -2.66. The monoisotopic (exact) mass is 341 g/mol. The molecule has 3 aromatic rings. The minimum Gasteiger partial charge on any atom is -0.417 e. The molecule has 0 unspecified atom stereocenters. The molecule has 24 heavy (non-hydrogen) atoms. The highest BCUT2D eigenvalue weighted by Crippen LogP contribution is 2.20. The number of nitrogens with one attached hydrogen (secondary N) is 1. The summed E-state index contributed by atoms with van der Waals surface area (Å²) < 4.78 is 5.44. The lowest BCUT2D eigenvalue weighted by Gasteiger charge is -2.06. The van der Waals surface area contributed by atoms with Gasteiger partial charge in [0.1, 0.15) is 0 Å². The van der Waals surface area contributed by atoms with E-state index in [-0.39, 0.29) is 5.89 Å². The third-order valence-corrected chi connectivity index (χ3v) is 3.81. The Balaban J connectivity index is 1.64. The Morgan fingerprint density at radius 3 is 2.71 bits per heavy atom. The summed E-state index contributed by atoms with van der Waals surface area (Å²) in [4.78, 5) is 12.2. The van der Waals surface area contributed by atoms with Gasteiger partial charge in [-0.3, -0.25) is 4.79 Å². The van der Waals surface area contributed by atoms with Crippen LogP contribution >= 0.6 is 11.6 Å². The number of anilines is 1. The molecule has 1 N–H and O–H groups in total. The maximum Gasteiger partial charge on any atom is 0.313 e. The Morgan fingerprint density at radius 2 is 1.92 bits per heavy atom. The van der Waals surface area contributed by atoms with Crippen molar-refractivity contribution in [2.24, 2.45) is 0 Å². The van der Waals surface area contributed by atoms with Gasteiger partial charge in [-0.2, -0.15) is 0 Å². The molecule has 0 aliphatic carbocycles. The molecule has 3 rings (SSSR count). The number of halogens is 1. The van der Waals surface area contributed by atoms with Crippen LogP contribution in [0.3, 0.4) is 0 Å². The smallest absolute Gasteiger partial charge is 0.313 e. The molecule has 0 atom stereocenters. The van der Waals surface area contributed by atoms with Crippen molar-refractivity contribution in [1.82, 2.24) is 10.2 Å². The summed E-state index contributed by atoms with van der Waals surface area (Å²) >= 11 is 5.95. The van der Waals surface area contributed by atoms with E-state index in [0.29, 0.717) is 23.0 Å². The molecule has 0 bridgehead atoms. The fourth-order valence-electron chi connectivity index (χ4n) is 2.25. The number of benzene rings is 2. The lowest BCUT2D eigenvalue weighted by molar-refractivity contribution is 0.0988. The van der Waals surface area contributed by atoms with Gasteiger partial charge in [0.15, 0.2) is 0 Å². The number of aromatic nitrogens is 2. The van der Waals surface area contributed by atoms with Gasteiger partial charge in [0.2, 0.25) is 5.89 Å². The van der Waals surface area contributed by atoms with Gasteiger partial charge in [-0.25, -0.2) is 0 Å². The first kappa shape index (κ1) is 16.2. The van der Waals surface area contributed by atoms with Crippen LogP contribution in [0.15, 0.2) is 52.9 Å². The first-order chi connectivity index (χ1) is 11.6. The number of rotatable bonds is 5. The molecule has 0 fully saturated rings. The van der Waals surface area contributed by atoms with E-state index in [4.69, 9.17) is 16.0 Å². The zero-order chi connectivity index (χ0) is 16.9. The Kier molecular flexibility index (Phi) is 4.91. The highest BCUT2D eigenvalue weighted by molar-refractivity contribution is 6.31. The quantitative estimate of drug-likeness (QED) is 0.759. The van der Waals surface area contributed by atoms with E-state index in [0.717, 1.165) is 12.0 Å². The first-order valence-corrected chi connectivity index (χ1v) is 7.93. The lowest BCUT2D eigenvalue weighted by atomic mass is 10.1. The van der Waals surface area contributed by atoms with Gasteiger partial charge in [0.05, 0.1) is 0 Å². The molecule has 0 saturated carbocycles. The van der Waals surface area contributed by atoms with Crippen LogP contribution in [0.5, 0.6) is 0 Å². The molecule has 122 valence electrons. The van der Waals surface area contributed by atoms with Crippen molar-refractivity contribution in [3.8, 4) is 0 Å². The van der Waals surface area contributed by atoms with Crippen LogP contribution in [-0.4, -0.2) is 16.1 Å². The standard InChI is InChI=1S/C18H16ClN3O2/c1-12-7-9-14(19)11-15(12)20-17(23)18-22-21-16(24-18)10-8-13-5-3-2-4-6-13/h2-7,9,11H,8,10H2,1H3,(H,20,23). The van der Waals surface area contributed by atoms with E-state index in [1.54, 1.807) is 12.1 Å². The van der Waals surface area contributed by atoms with E-state index in [9.17, 15) is 4.79 Å². The number of amides is 1. The van der Waals surface area contributed by atoms with Gasteiger partial charge in [-0.15, -0.1) is 10.2 Å². The molecule has 1 heterocycles. The van der Waals surface area contributed by atoms with Gasteiger partial charge in [-0.05, 0) is 36.6 Å². The van der Waals surface area contributed by atoms with Crippen molar-refractivity contribution >= 4 is 23.2 Å². The molecule has 2 aromatic carbocycles. The van der Waals surface area contributed by atoms with Crippen LogP contribution < -0.4 is 5.32 Å². The zero-order valence-corrected chi connectivity index (χ0v) is 13.9. The SMILES string of the molecule is Cc1ccc(Cl)cc1NC(=O)c1nnc(CCc2ccccc2)o1. The largest absolute Gasteiger partial charge is 0.417 e. The molecule has 0 saturated heterocycles. The normalized spacial score (nSPS) is 10.6. The van der Waals surface area contributed by atoms with Crippen LogP contribution in [0.1, 0.15) is 27.7 Å². The number of hydrogen-bond acceptors (Lipinski definition) is 4. The lowest BCUT2D eigenvalue weighted by Crippen LogP contribution is -2.13. The van der Waals surface area contributed by atoms with Crippen molar-refractivity contribution in [2.45, 2.75) is 19.8 Å². The van der Waals surface area contributed by atoms with Crippen molar-refractivity contribution in [2.75, 3.05) is 5.32 Å². The molecule has 1 amide bonds. The molecule has 0 spiro atoms. The van der Waals surface area contributed by atoms with Crippen LogP contribution in [0.4, 0.5) is 5.69 Å². The highest BCUT2D eigenvalue weighted by atomic mass is 35.5. The van der Waals surface area contributed by atoms with Crippen molar-refractivity contribution < 1.29 is 9.21 Å². The molecule has 1 aromatic heterocycles. The average Bonchev–Trinajstić information content (AvgIpc) is 3.06. The minimum atomic E-state index is -0.446. The average molecular weight is 342 g/mol. The van der Waals surface area contributed by atoms with Crippen LogP contribution in [0, 0.1) is 6.92 Å². The van der Waals surface area contributed by atoms with E-state index in [1.165, 1.54) is 5.56 Å². The third-order valence-electron chi connectivity index (χ3n) is 3.58. The van der Waals surface area contributed by atoms with Gasteiger partial charge in [-0.1, -0.05) is 48.0 Å². The maximum atomic E-state index is 12.2. The molecule has 5 nitrogen and oxygen atoms in total. The topological polar surface area (TPSA) is 68.0 Å². The Morgan fingerprint density at radius 1 is 1.12 bits per heavy atom. The number of hydrogen-bond donors (Lipinski definition) is 1. The van der Waals surface area contributed by atoms with Gasteiger partial charge < -0.3 is 9.73 Å². The van der Waals surface area contributed by atoms with Crippen LogP contribution in [0.2, 0.25) is 5.02 Å². The zero-order valence-electron chi connectivity index (χ0n) is 13.1. The second-order valence-corrected chi connectivity index (χ2v) is 5.84. The summed E-state index contributed by atoms with van der Waals surface area (Å²) in [5, 5.41) is 11.0. The molecule has 0 aliphatic rings. The van der Waals surface area contributed by atoms with Crippen molar-refractivity contribution in [3.63, 3.8) is 0 Å². The fraction of sp³-hybridized carbons (Fsp3) is 0.167. The highest BCUT2D eigenvalue weighted by Gasteiger charge is 2.16. The second-order valence-electron chi connectivity index (χ2n) is 5.40. The minimum absolute atomic E-state index is 0.0579. The summed E-state index contributed by atoms with van der Waals surface area (Å²) in [5.41, 5.74) is 2.70. The molecule has 6 heteroatoms. The number of nitrogens with zero attached hydrogens (tertiary/aromatic N) is 2. The summed E-state index contributed by atoms with van der Waals surface area (Å²) in [6.07, 6.45) is 1.36. The predicted octanol–water partition coefficient (Wildman–Crippen LogP) is 4.07. The predicted molar refractivity (Wildman–Crippen MR) is 92.3 cm³/mol. The second kappa shape index (κ2) is 7.27. The number of carbonyl (C=O) groups is 1. The van der Waals surface area contributed by atoms with Gasteiger partial charge in [0.25, 0.3) is 0 Å². The Labute approximate surface area is 144 Å². The third kappa shape index (κ3) is 4.00.